The molecule has 0 spiro atoms. The Bertz CT molecular complexity index is 1270. The predicted molar refractivity (Wildman–Crippen MR) is 163 cm³/mol. The number of ether oxygens (including phenoxy) is 2. The van der Waals surface area contributed by atoms with Crippen molar-refractivity contribution in [2.75, 3.05) is 68.8 Å². The Morgan fingerprint density at radius 2 is 1.74 bits per heavy atom. The molecule has 228 valence electrons. The lowest BCUT2D eigenvalue weighted by molar-refractivity contribution is -0.384. The second kappa shape index (κ2) is 14.9. The van der Waals surface area contributed by atoms with Gasteiger partial charge in [0.25, 0.3) is 5.69 Å². The summed E-state index contributed by atoms with van der Waals surface area (Å²) in [6.07, 6.45) is 4.01. The van der Waals surface area contributed by atoms with Gasteiger partial charge >= 0.3 is 6.09 Å². The summed E-state index contributed by atoms with van der Waals surface area (Å²) in [5.41, 5.74) is 12.1. The number of hydrogen-bond acceptors (Lipinski definition) is 10. The zero-order valence-corrected chi connectivity index (χ0v) is 24.4. The fraction of sp³-hybridized carbons (Fsp3) is 0.448. The lowest BCUT2D eigenvalue weighted by Gasteiger charge is -2.35. The maximum absolute atomic E-state index is 12.3. The highest BCUT2D eigenvalue weighted by atomic mass is 16.6. The van der Waals surface area contributed by atoms with Crippen LogP contribution in [0.3, 0.4) is 0 Å². The molecule has 1 aliphatic rings. The molecule has 0 aliphatic carbocycles. The quantitative estimate of drug-likeness (QED) is 0.0894. The SMILES string of the molecule is CC(C)(C)OC(=O)N1CCN(CCCOc2cc(C(N)=O)cc([N+](=O)[O-])c2NC/C=C/CNc2ccccc2N)CC1. The number of nitro benzene ring substituents is 1. The number of nitrogens with one attached hydrogen (secondary N) is 2. The van der Waals surface area contributed by atoms with Crippen molar-refractivity contribution in [1.29, 1.82) is 0 Å². The fourth-order valence-corrected chi connectivity index (χ4v) is 4.28. The summed E-state index contributed by atoms with van der Waals surface area (Å²) in [7, 11) is 0. The number of benzene rings is 2. The number of anilines is 3. The van der Waals surface area contributed by atoms with Gasteiger partial charge in [-0.25, -0.2) is 4.79 Å². The Kier molecular flexibility index (Phi) is 11.4. The molecule has 13 heteroatoms. The van der Waals surface area contributed by atoms with Crippen LogP contribution in [0.1, 0.15) is 37.6 Å². The number of nitro groups is 1. The van der Waals surface area contributed by atoms with Gasteiger partial charge in [0.15, 0.2) is 5.69 Å². The summed E-state index contributed by atoms with van der Waals surface area (Å²) in [6, 6.07) is 9.97. The summed E-state index contributed by atoms with van der Waals surface area (Å²) < 4.78 is 11.4. The number of nitrogen functional groups attached to an aromatic ring is 1. The van der Waals surface area contributed by atoms with Crippen molar-refractivity contribution in [3.63, 3.8) is 0 Å². The fourth-order valence-electron chi connectivity index (χ4n) is 4.28. The van der Waals surface area contributed by atoms with Gasteiger partial charge in [-0.1, -0.05) is 24.3 Å². The largest absolute Gasteiger partial charge is 0.491 e. The molecule has 0 bridgehead atoms. The van der Waals surface area contributed by atoms with Crippen molar-refractivity contribution < 1.29 is 24.0 Å². The number of nitrogens with zero attached hydrogens (tertiary/aromatic N) is 3. The number of carbonyl (C=O) groups is 2. The standard InChI is InChI=1S/C29H41N7O6/c1-29(2,3)42-28(38)35-16-14-34(15-17-35)13-8-18-41-25-20-21(27(31)37)19-24(36(39)40)26(25)33-12-7-6-11-32-23-10-5-4-9-22(23)30/h4-7,9-10,19-20,32-33H,8,11-18,30H2,1-3H3,(H2,31,37)/b7-6+. The van der Waals surface area contributed by atoms with Crippen molar-refractivity contribution in [2.24, 2.45) is 5.73 Å². The lowest BCUT2D eigenvalue weighted by atomic mass is 10.1. The van der Waals surface area contributed by atoms with E-state index in [1.807, 2.05) is 51.1 Å². The Balaban J connectivity index is 1.55. The second-order valence-corrected chi connectivity index (χ2v) is 10.8. The third-order valence-electron chi connectivity index (χ3n) is 6.40. The van der Waals surface area contributed by atoms with Crippen LogP contribution in [-0.4, -0.2) is 84.7 Å². The summed E-state index contributed by atoms with van der Waals surface area (Å²) in [5, 5.41) is 18.1. The van der Waals surface area contributed by atoms with E-state index in [4.69, 9.17) is 20.9 Å². The minimum absolute atomic E-state index is 0.0132. The van der Waals surface area contributed by atoms with Crippen LogP contribution in [0.15, 0.2) is 48.6 Å². The molecule has 2 amide bonds. The molecule has 1 aliphatic heterocycles. The van der Waals surface area contributed by atoms with Gasteiger partial charge in [0, 0.05) is 57.4 Å². The van der Waals surface area contributed by atoms with Gasteiger partial charge in [-0.2, -0.15) is 0 Å². The van der Waals surface area contributed by atoms with Crippen LogP contribution in [0.2, 0.25) is 0 Å². The smallest absolute Gasteiger partial charge is 0.410 e. The van der Waals surface area contributed by atoms with E-state index < -0.39 is 16.4 Å². The monoisotopic (exact) mass is 583 g/mol. The summed E-state index contributed by atoms with van der Waals surface area (Å²) in [4.78, 5) is 39.3. The van der Waals surface area contributed by atoms with Crippen LogP contribution < -0.4 is 26.8 Å². The number of carbonyl (C=O) groups excluding carboxylic acids is 2. The highest BCUT2D eigenvalue weighted by Gasteiger charge is 2.26. The first-order chi connectivity index (χ1) is 19.9. The summed E-state index contributed by atoms with van der Waals surface area (Å²) >= 11 is 0. The number of piperazine rings is 1. The molecule has 3 rings (SSSR count). The van der Waals surface area contributed by atoms with E-state index in [0.717, 1.165) is 11.8 Å². The maximum atomic E-state index is 12.3. The van der Waals surface area contributed by atoms with Crippen molar-refractivity contribution in [2.45, 2.75) is 32.8 Å². The van der Waals surface area contributed by atoms with E-state index in [2.05, 4.69) is 15.5 Å². The number of hydrogen-bond donors (Lipinski definition) is 4. The van der Waals surface area contributed by atoms with E-state index >= 15 is 0 Å². The molecule has 6 N–H and O–H groups in total. The zero-order chi connectivity index (χ0) is 30.7. The van der Waals surface area contributed by atoms with Gasteiger partial charge in [0.2, 0.25) is 5.91 Å². The van der Waals surface area contributed by atoms with Crippen molar-refractivity contribution >= 4 is 34.7 Å². The average Bonchev–Trinajstić information content (AvgIpc) is 2.93. The molecule has 0 atom stereocenters. The predicted octanol–water partition coefficient (Wildman–Crippen LogP) is 3.68. The van der Waals surface area contributed by atoms with Crippen LogP contribution in [0.5, 0.6) is 5.75 Å². The third kappa shape index (κ3) is 9.84. The number of rotatable bonds is 13. The van der Waals surface area contributed by atoms with Gasteiger partial charge in [-0.3, -0.25) is 19.8 Å². The average molecular weight is 584 g/mol. The topological polar surface area (TPSA) is 178 Å². The van der Waals surface area contributed by atoms with E-state index in [0.29, 0.717) is 51.4 Å². The van der Waals surface area contributed by atoms with Crippen molar-refractivity contribution in [3.05, 3.63) is 64.2 Å². The maximum Gasteiger partial charge on any atom is 0.410 e. The molecular formula is C29H41N7O6. The van der Waals surface area contributed by atoms with E-state index in [1.165, 1.54) is 6.07 Å². The molecule has 42 heavy (non-hydrogen) atoms. The molecule has 0 aromatic heterocycles. The molecule has 1 fully saturated rings. The van der Waals surface area contributed by atoms with Gasteiger partial charge in [-0.15, -0.1) is 0 Å². The first-order valence-electron chi connectivity index (χ1n) is 13.9. The molecule has 13 nitrogen and oxygen atoms in total. The Hall–Kier alpha value is -4.52. The minimum Gasteiger partial charge on any atom is -0.491 e. The molecule has 1 saturated heterocycles. The van der Waals surface area contributed by atoms with Crippen LogP contribution in [0, 0.1) is 10.1 Å². The minimum atomic E-state index is -0.788. The van der Waals surface area contributed by atoms with Gasteiger partial charge in [0.1, 0.15) is 11.4 Å². The zero-order valence-electron chi connectivity index (χ0n) is 24.4. The molecule has 2 aromatic rings. The van der Waals surface area contributed by atoms with E-state index in [9.17, 15) is 19.7 Å². The highest BCUT2D eigenvalue weighted by Crippen LogP contribution is 2.36. The first-order valence-corrected chi connectivity index (χ1v) is 13.9. The summed E-state index contributed by atoms with van der Waals surface area (Å²) in [5.74, 6) is -0.611. The molecule has 1 heterocycles. The Labute approximate surface area is 245 Å². The molecule has 0 saturated carbocycles. The van der Waals surface area contributed by atoms with Crippen LogP contribution >= 0.6 is 0 Å². The molecule has 0 unspecified atom stereocenters. The van der Waals surface area contributed by atoms with Crippen molar-refractivity contribution in [3.8, 4) is 5.75 Å². The number of nitrogens with two attached hydrogens (primary N) is 2. The molecule has 0 radical (unpaired) electrons. The van der Waals surface area contributed by atoms with Gasteiger partial charge < -0.3 is 36.5 Å². The number of primary amides is 1. The van der Waals surface area contributed by atoms with Crippen LogP contribution in [-0.2, 0) is 4.74 Å². The number of amides is 2. The van der Waals surface area contributed by atoms with Gasteiger partial charge in [-0.05, 0) is 45.4 Å². The molecule has 2 aromatic carbocycles. The highest BCUT2D eigenvalue weighted by molar-refractivity contribution is 5.95. The van der Waals surface area contributed by atoms with E-state index in [1.54, 1.807) is 11.0 Å². The third-order valence-corrected chi connectivity index (χ3v) is 6.40. The Morgan fingerprint density at radius 1 is 1.07 bits per heavy atom. The molecular weight excluding hydrogens is 542 g/mol. The first kappa shape index (κ1) is 32.0. The second-order valence-electron chi connectivity index (χ2n) is 10.8. The normalized spacial score (nSPS) is 14.0. The lowest BCUT2D eigenvalue weighted by Crippen LogP contribution is -2.50. The summed E-state index contributed by atoms with van der Waals surface area (Å²) in [6.45, 7) is 9.82. The number of para-hydroxylation sites is 2. The van der Waals surface area contributed by atoms with Crippen LogP contribution in [0.4, 0.5) is 27.5 Å². The van der Waals surface area contributed by atoms with Crippen molar-refractivity contribution in [1.82, 2.24) is 9.80 Å². The van der Waals surface area contributed by atoms with E-state index in [-0.39, 0.29) is 41.9 Å². The Morgan fingerprint density at radius 3 is 2.36 bits per heavy atom. The van der Waals surface area contributed by atoms with Crippen LogP contribution in [0.25, 0.3) is 0 Å². The van der Waals surface area contributed by atoms with Gasteiger partial charge in [0.05, 0.1) is 22.9 Å².